The highest BCUT2D eigenvalue weighted by Gasteiger charge is 2.59. The molecule has 5 unspecified atom stereocenters. The molecule has 2 aliphatic carbocycles. The molecule has 1 fully saturated rings. The molecule has 0 saturated carbocycles. The number of nitrogens with one attached hydrogen (secondary N) is 1. The quantitative estimate of drug-likeness (QED) is 0.327. The zero-order valence-electron chi connectivity index (χ0n) is 23.1. The van der Waals surface area contributed by atoms with Crippen LogP contribution in [0.3, 0.4) is 0 Å². The Hall–Kier alpha value is -3.74. The zero-order valence-corrected chi connectivity index (χ0v) is 23.1. The number of nitrogens with zero attached hydrogens (tertiary/aromatic N) is 2. The van der Waals surface area contributed by atoms with E-state index in [0.29, 0.717) is 5.57 Å². The Morgan fingerprint density at radius 1 is 0.875 bits per heavy atom. The van der Waals surface area contributed by atoms with E-state index in [-0.39, 0.29) is 64.6 Å². The highest BCUT2D eigenvalue weighted by Crippen LogP contribution is 2.48. The predicted octanol–water partition coefficient (Wildman–Crippen LogP) is -0.723. The van der Waals surface area contributed by atoms with Crippen LogP contribution in [-0.4, -0.2) is 108 Å². The average molecular weight is 554 g/mol. The van der Waals surface area contributed by atoms with Crippen LogP contribution in [0, 0.1) is 0 Å². The maximum atomic E-state index is 13.7. The number of amides is 1. The van der Waals surface area contributed by atoms with Crippen molar-refractivity contribution >= 4 is 34.8 Å². The lowest BCUT2D eigenvalue weighted by atomic mass is 9.68. The van der Waals surface area contributed by atoms with E-state index in [2.05, 4.69) is 5.32 Å². The summed E-state index contributed by atoms with van der Waals surface area (Å²) in [5.74, 6) is -3.54. The van der Waals surface area contributed by atoms with Crippen molar-refractivity contribution in [2.24, 2.45) is 0 Å². The van der Waals surface area contributed by atoms with Gasteiger partial charge in [0, 0.05) is 52.9 Å². The lowest BCUT2D eigenvalue weighted by Gasteiger charge is -2.60. The van der Waals surface area contributed by atoms with Gasteiger partial charge in [0.15, 0.2) is 23.1 Å². The summed E-state index contributed by atoms with van der Waals surface area (Å²) < 4.78 is 10.6. The van der Waals surface area contributed by atoms with E-state index in [4.69, 9.17) is 9.47 Å². The number of aliphatic hydroxyl groups is 1. The van der Waals surface area contributed by atoms with Gasteiger partial charge < -0.3 is 19.9 Å². The smallest absolute Gasteiger partial charge is 0.287 e. The van der Waals surface area contributed by atoms with E-state index in [1.54, 1.807) is 11.9 Å². The Morgan fingerprint density at radius 2 is 1.38 bits per heavy atom. The third-order valence-corrected chi connectivity index (χ3v) is 8.82. The summed E-state index contributed by atoms with van der Waals surface area (Å²) in [7, 11) is 4.35. The van der Waals surface area contributed by atoms with E-state index < -0.39 is 59.4 Å². The predicted molar refractivity (Wildman–Crippen MR) is 137 cm³/mol. The molecule has 3 heterocycles. The minimum absolute atomic E-state index is 0.00650. The topological polar surface area (TPSA) is 160 Å². The molecule has 0 aromatic heterocycles. The fourth-order valence-corrected chi connectivity index (χ4v) is 6.94. The van der Waals surface area contributed by atoms with Gasteiger partial charge in [0.05, 0.1) is 32.3 Å². The maximum absolute atomic E-state index is 13.7. The third-order valence-electron chi connectivity index (χ3n) is 8.82. The van der Waals surface area contributed by atoms with Gasteiger partial charge in [-0.25, -0.2) is 0 Å². The van der Waals surface area contributed by atoms with Gasteiger partial charge in [-0.05, 0) is 33.7 Å². The monoisotopic (exact) mass is 553 g/mol. The molecule has 5 atom stereocenters. The zero-order chi connectivity index (χ0) is 29.4. The second-order valence-electron chi connectivity index (χ2n) is 10.7. The Balaban J connectivity index is 1.68. The second kappa shape index (κ2) is 9.72. The van der Waals surface area contributed by atoms with Gasteiger partial charge in [-0.3, -0.25) is 38.6 Å². The van der Waals surface area contributed by atoms with Crippen molar-refractivity contribution in [3.63, 3.8) is 0 Å². The van der Waals surface area contributed by atoms with Crippen molar-refractivity contribution in [2.45, 2.75) is 64.0 Å². The number of fused-ring (bicyclic) bond motifs is 5. The summed E-state index contributed by atoms with van der Waals surface area (Å²) >= 11 is 0. The highest BCUT2D eigenvalue weighted by molar-refractivity contribution is 6.35. The molecule has 1 amide bonds. The number of ether oxygens (including phenoxy) is 2. The Morgan fingerprint density at radius 3 is 1.90 bits per heavy atom. The van der Waals surface area contributed by atoms with Crippen LogP contribution in [0.15, 0.2) is 45.0 Å². The number of rotatable bonds is 5. The normalized spacial score (nSPS) is 30.8. The van der Waals surface area contributed by atoms with E-state index >= 15 is 0 Å². The van der Waals surface area contributed by atoms with Crippen molar-refractivity contribution < 1.29 is 43.3 Å². The molecule has 0 aromatic carbocycles. The van der Waals surface area contributed by atoms with Crippen LogP contribution in [0.25, 0.3) is 0 Å². The van der Waals surface area contributed by atoms with Crippen molar-refractivity contribution in [3.8, 4) is 0 Å². The van der Waals surface area contributed by atoms with Crippen LogP contribution in [0.1, 0.15) is 33.6 Å². The SMILES string of the molecule is COC1=C(C)C(=O)C2=C(C1=O)C1C3CC4=C(C(=O)C(OC)=C(C)C4=O)C(CNC(=O)C(C)=O)N3C(O)C(C2)N1C. The molecule has 5 aliphatic rings. The van der Waals surface area contributed by atoms with Crippen molar-refractivity contribution in [1.29, 1.82) is 0 Å². The van der Waals surface area contributed by atoms with Crippen LogP contribution < -0.4 is 5.32 Å². The first-order valence-corrected chi connectivity index (χ1v) is 13.0. The number of likely N-dealkylation sites (N-methyl/N-ethyl adjacent to an activating group) is 1. The number of allylic oxidation sites excluding steroid dienone is 4. The van der Waals surface area contributed by atoms with E-state index in [1.165, 1.54) is 28.1 Å². The molecule has 0 spiro atoms. The summed E-state index contributed by atoms with van der Waals surface area (Å²) in [5, 5.41) is 14.3. The first kappa shape index (κ1) is 27.8. The van der Waals surface area contributed by atoms with Gasteiger partial charge in [0.1, 0.15) is 6.23 Å². The van der Waals surface area contributed by atoms with Crippen LogP contribution in [-0.2, 0) is 38.2 Å². The van der Waals surface area contributed by atoms with Crippen molar-refractivity contribution in [3.05, 3.63) is 45.0 Å². The van der Waals surface area contributed by atoms with E-state index in [9.17, 15) is 33.9 Å². The number of hydrogen-bond donors (Lipinski definition) is 2. The molecule has 212 valence electrons. The number of Topliss-reactive ketones (excluding diaryl/α,β-unsaturated/α-hetero) is 5. The Kier molecular flexibility index (Phi) is 6.76. The van der Waals surface area contributed by atoms with Crippen molar-refractivity contribution in [2.75, 3.05) is 27.8 Å². The summed E-state index contributed by atoms with van der Waals surface area (Å²) in [4.78, 5) is 81.7. The lowest BCUT2D eigenvalue weighted by molar-refractivity contribution is -0.161. The van der Waals surface area contributed by atoms with Crippen LogP contribution >= 0.6 is 0 Å². The van der Waals surface area contributed by atoms with Crippen LogP contribution in [0.5, 0.6) is 0 Å². The van der Waals surface area contributed by atoms with Gasteiger partial charge in [-0.2, -0.15) is 0 Å². The summed E-state index contributed by atoms with van der Waals surface area (Å²) in [5.41, 5.74) is 1.12. The molecule has 1 saturated heterocycles. The lowest BCUT2D eigenvalue weighted by Crippen LogP contribution is -2.74. The minimum Gasteiger partial charge on any atom is -0.492 e. The number of carbonyl (C=O) groups is 6. The molecule has 2 bridgehead atoms. The largest absolute Gasteiger partial charge is 0.492 e. The minimum atomic E-state index is -1.24. The number of aliphatic hydroxyl groups excluding tert-OH is 1. The maximum Gasteiger partial charge on any atom is 0.287 e. The van der Waals surface area contributed by atoms with Crippen molar-refractivity contribution in [1.82, 2.24) is 15.1 Å². The molecule has 0 radical (unpaired) electrons. The van der Waals surface area contributed by atoms with E-state index in [1.807, 2.05) is 4.90 Å². The number of carbonyl (C=O) groups excluding carboxylic acids is 6. The van der Waals surface area contributed by atoms with Gasteiger partial charge in [-0.1, -0.05) is 0 Å². The standard InChI is InChI=1S/C28H31N3O9/c1-10-21(33)13-7-15-20-19-14(22(34)11(2)26(40-6)24(19)36)8-16(30(20)4)28(38)31(15)17(9-29-27(37)12(3)32)18(13)23(35)25(10)39-5/h15-17,20,28,38H,7-9H2,1-6H3,(H,29,37). The average Bonchev–Trinajstić information content (AvgIpc) is 2.91. The van der Waals surface area contributed by atoms with Gasteiger partial charge >= 0.3 is 0 Å². The fraction of sp³-hybridized carbons (Fsp3) is 0.500. The second-order valence-corrected chi connectivity index (χ2v) is 10.7. The number of hydrogen-bond acceptors (Lipinski definition) is 11. The fourth-order valence-electron chi connectivity index (χ4n) is 6.94. The summed E-state index contributed by atoms with van der Waals surface area (Å²) in [6.45, 7) is 3.86. The molecule has 0 aromatic rings. The third kappa shape index (κ3) is 3.70. The number of ketones is 5. The first-order chi connectivity index (χ1) is 18.9. The summed E-state index contributed by atoms with van der Waals surface area (Å²) in [6, 6.07) is -3.13. The molecular formula is C28H31N3O9. The molecule has 40 heavy (non-hydrogen) atoms. The Bertz CT molecular complexity index is 1430. The molecule has 12 nitrogen and oxygen atoms in total. The molecule has 2 N–H and O–H groups in total. The van der Waals surface area contributed by atoms with Gasteiger partial charge in [0.25, 0.3) is 5.91 Å². The molecular weight excluding hydrogens is 522 g/mol. The van der Waals surface area contributed by atoms with E-state index in [0.717, 1.165) is 6.92 Å². The first-order valence-electron chi connectivity index (χ1n) is 13.0. The van der Waals surface area contributed by atoms with Gasteiger partial charge in [-0.15, -0.1) is 0 Å². The molecule has 3 aliphatic heterocycles. The van der Waals surface area contributed by atoms with Gasteiger partial charge in [0.2, 0.25) is 17.3 Å². The number of methoxy groups -OCH3 is 2. The number of piperazine rings is 1. The van der Waals surface area contributed by atoms with Crippen LogP contribution in [0.4, 0.5) is 0 Å². The molecule has 12 heteroatoms. The highest BCUT2D eigenvalue weighted by atomic mass is 16.5. The Labute approximate surface area is 230 Å². The summed E-state index contributed by atoms with van der Waals surface area (Å²) in [6.07, 6.45) is -1.18. The van der Waals surface area contributed by atoms with Crippen LogP contribution in [0.2, 0.25) is 0 Å². The molecule has 5 rings (SSSR count).